The molecule has 1 spiro atoms. The third kappa shape index (κ3) is 3.87. The third-order valence-electron chi connectivity index (χ3n) is 7.91. The molecule has 8 heteroatoms. The van der Waals surface area contributed by atoms with Crippen molar-refractivity contribution in [1.29, 1.82) is 0 Å². The summed E-state index contributed by atoms with van der Waals surface area (Å²) in [5.74, 6) is 1.00. The van der Waals surface area contributed by atoms with Gasteiger partial charge in [0, 0.05) is 46.4 Å². The van der Waals surface area contributed by atoms with Crippen LogP contribution in [0, 0.1) is 0 Å². The molecule has 0 radical (unpaired) electrons. The van der Waals surface area contributed by atoms with Crippen LogP contribution in [-0.2, 0) is 21.5 Å². The molecule has 7 nitrogen and oxygen atoms in total. The zero-order valence-corrected chi connectivity index (χ0v) is 21.4. The number of aromatic amines is 1. The van der Waals surface area contributed by atoms with Crippen LogP contribution in [0.25, 0.3) is 23.1 Å². The van der Waals surface area contributed by atoms with Gasteiger partial charge in [-0.25, -0.2) is 0 Å². The van der Waals surface area contributed by atoms with Gasteiger partial charge in [0.15, 0.2) is 0 Å². The Hall–Kier alpha value is -3.46. The molecule has 7 rings (SSSR count). The number of hydrogen-bond donors (Lipinski definition) is 2. The molecule has 2 aromatic heterocycles. The Bertz CT molecular complexity index is 1530. The number of anilines is 1. The van der Waals surface area contributed by atoms with Crippen molar-refractivity contribution in [2.45, 2.75) is 24.3 Å². The first-order chi connectivity index (χ1) is 18.1. The number of amides is 1. The largest absolute Gasteiger partial charge is 0.497 e. The summed E-state index contributed by atoms with van der Waals surface area (Å²) in [5, 5.41) is 11.9. The molecule has 4 heterocycles. The number of nitrogens with zero attached hydrogens (tertiary/aromatic N) is 2. The van der Waals surface area contributed by atoms with Crippen LogP contribution >= 0.6 is 11.3 Å². The average molecular weight is 513 g/mol. The van der Waals surface area contributed by atoms with Crippen LogP contribution in [0.3, 0.4) is 0 Å². The van der Waals surface area contributed by atoms with Crippen LogP contribution in [0.1, 0.15) is 38.9 Å². The minimum atomic E-state index is -0.502. The zero-order valence-electron chi connectivity index (χ0n) is 20.6. The van der Waals surface area contributed by atoms with Crippen LogP contribution < -0.4 is 10.1 Å². The Balaban J connectivity index is 1.09. The number of H-pyrrole nitrogens is 1. The minimum Gasteiger partial charge on any atom is -0.497 e. The molecule has 37 heavy (non-hydrogen) atoms. The molecule has 1 saturated carbocycles. The van der Waals surface area contributed by atoms with Gasteiger partial charge >= 0.3 is 0 Å². The fourth-order valence-corrected chi connectivity index (χ4v) is 6.77. The Morgan fingerprint density at radius 2 is 2.05 bits per heavy atom. The van der Waals surface area contributed by atoms with Crippen LogP contribution in [0.4, 0.5) is 5.69 Å². The zero-order chi connectivity index (χ0) is 25.0. The summed E-state index contributed by atoms with van der Waals surface area (Å²) in [6.07, 6.45) is 5.02. The second kappa shape index (κ2) is 8.83. The Morgan fingerprint density at radius 1 is 1.16 bits per heavy atom. The number of ether oxygens (including phenoxy) is 2. The molecular weight excluding hydrogens is 484 g/mol. The SMILES string of the molecule is COc1ccc2c(c1)C1(CC1c1ccc3c(/C=C/c4ccc(CN5CCOCC5)s4)n[nH]c3c1)C(=O)N2. The van der Waals surface area contributed by atoms with Gasteiger partial charge in [0.1, 0.15) is 5.75 Å². The standard InChI is InChI=1S/C29H28N4O3S/c1-35-19-3-8-26-23(15-19)29(28(34)30-26)16-24(29)18-2-7-22-25(31-32-27(22)14-18)9-6-20-4-5-21(37-20)17-33-10-12-36-13-11-33/h2-9,14-15,24H,10-13,16-17H2,1H3,(H,30,34)(H,31,32)/b9-6+. The summed E-state index contributed by atoms with van der Waals surface area (Å²) in [5.41, 5.74) is 4.50. The van der Waals surface area contributed by atoms with Gasteiger partial charge in [-0.2, -0.15) is 5.10 Å². The number of carbonyl (C=O) groups is 1. The summed E-state index contributed by atoms with van der Waals surface area (Å²) < 4.78 is 10.9. The molecule has 2 atom stereocenters. The van der Waals surface area contributed by atoms with E-state index in [1.165, 1.54) is 9.75 Å². The number of rotatable bonds is 6. The summed E-state index contributed by atoms with van der Waals surface area (Å²) in [6, 6.07) is 16.6. The molecule has 1 saturated heterocycles. The lowest BCUT2D eigenvalue weighted by molar-refractivity contribution is -0.118. The highest BCUT2D eigenvalue weighted by molar-refractivity contribution is 7.12. The topological polar surface area (TPSA) is 79.5 Å². The number of carbonyl (C=O) groups excluding carboxylic acids is 1. The van der Waals surface area contributed by atoms with Gasteiger partial charge in [-0.1, -0.05) is 12.1 Å². The van der Waals surface area contributed by atoms with E-state index in [4.69, 9.17) is 9.47 Å². The maximum Gasteiger partial charge on any atom is 0.235 e. The predicted octanol–water partition coefficient (Wildman–Crippen LogP) is 5.01. The van der Waals surface area contributed by atoms with E-state index >= 15 is 0 Å². The maximum absolute atomic E-state index is 13.0. The van der Waals surface area contributed by atoms with E-state index in [-0.39, 0.29) is 11.8 Å². The van der Waals surface area contributed by atoms with Crippen molar-refractivity contribution in [3.63, 3.8) is 0 Å². The second-order valence-electron chi connectivity index (χ2n) is 10.0. The van der Waals surface area contributed by atoms with Crippen molar-refractivity contribution in [2.24, 2.45) is 0 Å². The van der Waals surface area contributed by atoms with Gasteiger partial charge in [-0.15, -0.1) is 11.3 Å². The Labute approximate surface area is 219 Å². The maximum atomic E-state index is 13.0. The second-order valence-corrected chi connectivity index (χ2v) is 11.2. The molecule has 0 bridgehead atoms. The molecule has 2 N–H and O–H groups in total. The molecule has 188 valence electrons. The van der Waals surface area contributed by atoms with E-state index in [9.17, 15) is 4.79 Å². The molecular formula is C29H28N4O3S. The molecule has 3 aliphatic rings. The van der Waals surface area contributed by atoms with Gasteiger partial charge in [0.2, 0.25) is 5.91 Å². The van der Waals surface area contributed by atoms with E-state index in [1.807, 2.05) is 29.5 Å². The normalized spacial score (nSPS) is 23.2. The Morgan fingerprint density at radius 3 is 2.92 bits per heavy atom. The molecule has 4 aromatic rings. The van der Waals surface area contributed by atoms with Gasteiger partial charge in [0.25, 0.3) is 0 Å². The van der Waals surface area contributed by atoms with Gasteiger partial charge in [-0.3, -0.25) is 14.8 Å². The van der Waals surface area contributed by atoms with E-state index in [2.05, 4.69) is 62.9 Å². The molecule has 1 aliphatic carbocycles. The van der Waals surface area contributed by atoms with Gasteiger partial charge in [0.05, 0.1) is 36.9 Å². The average Bonchev–Trinajstić information content (AvgIpc) is 3.16. The number of fused-ring (bicyclic) bond motifs is 3. The number of nitrogens with one attached hydrogen (secondary N) is 2. The summed E-state index contributed by atoms with van der Waals surface area (Å²) >= 11 is 1.82. The predicted molar refractivity (Wildman–Crippen MR) is 146 cm³/mol. The van der Waals surface area contributed by atoms with Crippen LogP contribution in [-0.4, -0.2) is 54.4 Å². The molecule has 1 amide bonds. The van der Waals surface area contributed by atoms with Crippen molar-refractivity contribution >= 4 is 46.0 Å². The number of aromatic nitrogens is 2. The Kier molecular flexibility index (Phi) is 5.42. The number of thiophene rings is 1. The highest BCUT2D eigenvalue weighted by Gasteiger charge is 2.65. The first-order valence-electron chi connectivity index (χ1n) is 12.7. The van der Waals surface area contributed by atoms with E-state index in [0.717, 1.165) is 78.4 Å². The third-order valence-corrected chi connectivity index (χ3v) is 8.95. The lowest BCUT2D eigenvalue weighted by atomic mass is 9.91. The monoisotopic (exact) mass is 512 g/mol. The van der Waals surface area contributed by atoms with Crippen molar-refractivity contribution in [2.75, 3.05) is 38.7 Å². The first-order valence-corrected chi connectivity index (χ1v) is 13.5. The van der Waals surface area contributed by atoms with Crippen molar-refractivity contribution in [3.8, 4) is 5.75 Å². The summed E-state index contributed by atoms with van der Waals surface area (Å²) in [4.78, 5) is 18.0. The molecule has 2 aliphatic heterocycles. The smallest absolute Gasteiger partial charge is 0.235 e. The highest BCUT2D eigenvalue weighted by Crippen LogP contribution is 2.65. The highest BCUT2D eigenvalue weighted by atomic mass is 32.1. The number of methoxy groups -OCH3 is 1. The van der Waals surface area contributed by atoms with Crippen molar-refractivity contribution in [3.05, 3.63) is 75.1 Å². The lowest BCUT2D eigenvalue weighted by Gasteiger charge is -2.25. The number of morpholine rings is 1. The molecule has 2 fully saturated rings. The lowest BCUT2D eigenvalue weighted by Crippen LogP contribution is -2.35. The van der Waals surface area contributed by atoms with Crippen molar-refractivity contribution < 1.29 is 14.3 Å². The molecule has 2 aromatic carbocycles. The summed E-state index contributed by atoms with van der Waals surface area (Å²) in [7, 11) is 1.66. The quantitative estimate of drug-likeness (QED) is 0.380. The van der Waals surface area contributed by atoms with E-state index < -0.39 is 5.41 Å². The fraction of sp³-hybridized carbons (Fsp3) is 0.310. The van der Waals surface area contributed by atoms with Crippen LogP contribution in [0.5, 0.6) is 5.75 Å². The van der Waals surface area contributed by atoms with E-state index in [0.29, 0.717) is 0 Å². The number of hydrogen-bond acceptors (Lipinski definition) is 6. The first kappa shape index (κ1) is 22.7. The van der Waals surface area contributed by atoms with Crippen LogP contribution in [0.15, 0.2) is 48.5 Å². The summed E-state index contributed by atoms with van der Waals surface area (Å²) in [6.45, 7) is 4.62. The fourth-order valence-electron chi connectivity index (χ4n) is 5.81. The van der Waals surface area contributed by atoms with Gasteiger partial charge in [-0.05, 0) is 66.1 Å². The van der Waals surface area contributed by atoms with Gasteiger partial charge < -0.3 is 14.8 Å². The molecule has 2 unspecified atom stereocenters. The van der Waals surface area contributed by atoms with E-state index in [1.54, 1.807) is 7.11 Å². The van der Waals surface area contributed by atoms with Crippen LogP contribution in [0.2, 0.25) is 0 Å². The van der Waals surface area contributed by atoms with Crippen molar-refractivity contribution in [1.82, 2.24) is 15.1 Å². The number of benzene rings is 2. The minimum absolute atomic E-state index is 0.0815.